The average Bonchev–Trinajstić information content (AvgIpc) is 3.26. The summed E-state index contributed by atoms with van der Waals surface area (Å²) in [6, 6.07) is 31.1. The average molecular weight is 499 g/mol. The van der Waals surface area contributed by atoms with Gasteiger partial charge in [0.1, 0.15) is 17.2 Å². The van der Waals surface area contributed by atoms with Crippen molar-refractivity contribution in [2.75, 3.05) is 7.11 Å². The van der Waals surface area contributed by atoms with Crippen molar-refractivity contribution in [3.8, 4) is 50.6 Å². The van der Waals surface area contributed by atoms with E-state index in [0.717, 1.165) is 44.7 Å². The van der Waals surface area contributed by atoms with Crippen LogP contribution in [0.5, 0.6) is 17.2 Å². The number of hydrogen-bond acceptors (Lipinski definition) is 3. The third-order valence-corrected chi connectivity index (χ3v) is 7.89. The van der Waals surface area contributed by atoms with Crippen LogP contribution in [-0.4, -0.2) is 17.3 Å². The van der Waals surface area contributed by atoms with Gasteiger partial charge < -0.3 is 14.9 Å². The van der Waals surface area contributed by atoms with Gasteiger partial charge >= 0.3 is 0 Å². The molecule has 0 heterocycles. The first kappa shape index (κ1) is 23.9. The highest BCUT2D eigenvalue weighted by molar-refractivity contribution is 5.88. The van der Waals surface area contributed by atoms with E-state index in [2.05, 4.69) is 67.6 Å². The summed E-state index contributed by atoms with van der Waals surface area (Å²) in [6.45, 7) is 5.96. The van der Waals surface area contributed by atoms with Crippen molar-refractivity contribution in [3.63, 3.8) is 0 Å². The molecule has 1 aliphatic carbocycles. The van der Waals surface area contributed by atoms with Gasteiger partial charge in [-0.25, -0.2) is 0 Å². The molecule has 0 atom stereocenters. The number of aromatic hydroxyl groups is 2. The summed E-state index contributed by atoms with van der Waals surface area (Å²) in [5, 5.41) is 20.5. The second-order valence-electron chi connectivity index (χ2n) is 10.2. The Balaban J connectivity index is 1.72. The maximum absolute atomic E-state index is 10.3. The molecule has 38 heavy (non-hydrogen) atoms. The van der Waals surface area contributed by atoms with Crippen molar-refractivity contribution in [1.29, 1.82) is 0 Å². The molecule has 3 nitrogen and oxygen atoms in total. The third-order valence-electron chi connectivity index (χ3n) is 7.89. The number of benzene rings is 5. The van der Waals surface area contributed by atoms with Crippen molar-refractivity contribution in [2.24, 2.45) is 0 Å². The van der Waals surface area contributed by atoms with Gasteiger partial charge in [-0.05, 0) is 112 Å². The Kier molecular flexibility index (Phi) is 5.72. The van der Waals surface area contributed by atoms with Gasteiger partial charge in [0.25, 0.3) is 0 Å². The highest BCUT2D eigenvalue weighted by Gasteiger charge is 2.33. The zero-order valence-corrected chi connectivity index (χ0v) is 22.0. The van der Waals surface area contributed by atoms with E-state index in [1.54, 1.807) is 19.2 Å². The van der Waals surface area contributed by atoms with Gasteiger partial charge in [-0.1, -0.05) is 60.7 Å². The van der Waals surface area contributed by atoms with Gasteiger partial charge in [-0.15, -0.1) is 0 Å². The molecule has 6 rings (SSSR count). The van der Waals surface area contributed by atoms with Gasteiger partial charge in [0.2, 0.25) is 0 Å². The van der Waals surface area contributed by atoms with Crippen LogP contribution in [0.4, 0.5) is 0 Å². The van der Waals surface area contributed by atoms with Crippen molar-refractivity contribution in [1.82, 2.24) is 0 Å². The zero-order chi connectivity index (χ0) is 26.6. The first-order chi connectivity index (χ1) is 18.4. The molecule has 0 bridgehead atoms. The minimum absolute atomic E-state index is 0.0353. The van der Waals surface area contributed by atoms with E-state index in [1.807, 2.05) is 32.0 Å². The Morgan fingerprint density at radius 3 is 1.66 bits per heavy atom. The molecule has 5 aromatic rings. The molecule has 0 unspecified atom stereocenters. The molecule has 2 N–H and O–H groups in total. The van der Waals surface area contributed by atoms with Crippen LogP contribution in [0, 0.1) is 20.8 Å². The number of ether oxygens (including phenoxy) is 1. The Labute approximate surface area is 223 Å². The molecule has 0 spiro atoms. The van der Waals surface area contributed by atoms with Gasteiger partial charge in [0, 0.05) is 11.5 Å². The van der Waals surface area contributed by atoms with E-state index in [-0.39, 0.29) is 17.4 Å². The number of fused-ring (bicyclic) bond motifs is 3. The quantitative estimate of drug-likeness (QED) is 0.256. The maximum atomic E-state index is 10.3. The fourth-order valence-corrected chi connectivity index (χ4v) is 6.04. The van der Waals surface area contributed by atoms with Gasteiger partial charge in [-0.3, -0.25) is 0 Å². The second-order valence-corrected chi connectivity index (χ2v) is 10.2. The van der Waals surface area contributed by atoms with Crippen LogP contribution in [0.2, 0.25) is 0 Å². The number of phenolic OH excluding ortho intramolecular Hbond substituents is 2. The van der Waals surface area contributed by atoms with Crippen LogP contribution in [0.15, 0.2) is 91.0 Å². The summed E-state index contributed by atoms with van der Waals surface area (Å²) in [6.07, 6.45) is 0. The van der Waals surface area contributed by atoms with Crippen LogP contribution >= 0.6 is 0 Å². The van der Waals surface area contributed by atoms with E-state index >= 15 is 0 Å². The standard InChI is InChI=1S/C35H30O3/c1-20-17-23(13-15-31(20)36)29-19-30(33(22(3)35(29)38-4)24-14-16-32(37)21(2)18-24)34-27-11-7-5-9-25(27)26-10-6-8-12-28(26)34/h5-19,34,36-37H,1-4H3. The Morgan fingerprint density at radius 2 is 1.11 bits per heavy atom. The molecule has 0 fully saturated rings. The molecule has 188 valence electrons. The Bertz CT molecular complexity index is 1670. The van der Waals surface area contributed by atoms with Gasteiger partial charge in [0.05, 0.1) is 7.11 Å². The lowest BCUT2D eigenvalue weighted by atomic mass is 9.80. The van der Waals surface area contributed by atoms with E-state index < -0.39 is 0 Å². The normalized spacial score (nSPS) is 12.3. The number of aryl methyl sites for hydroxylation is 2. The lowest BCUT2D eigenvalue weighted by Crippen LogP contribution is -2.06. The summed E-state index contributed by atoms with van der Waals surface area (Å²) >= 11 is 0. The van der Waals surface area contributed by atoms with Crippen molar-refractivity contribution in [3.05, 3.63) is 124 Å². The predicted octanol–water partition coefficient (Wildman–Crippen LogP) is 8.53. The lowest BCUT2D eigenvalue weighted by molar-refractivity contribution is 0.413. The summed E-state index contributed by atoms with van der Waals surface area (Å²) in [5.41, 5.74) is 13.1. The second kappa shape index (κ2) is 9.11. The highest BCUT2D eigenvalue weighted by atomic mass is 16.5. The summed E-state index contributed by atoms with van der Waals surface area (Å²) in [7, 11) is 1.71. The van der Waals surface area contributed by atoms with E-state index in [4.69, 9.17) is 4.74 Å². The van der Waals surface area contributed by atoms with E-state index in [0.29, 0.717) is 0 Å². The molecule has 0 amide bonds. The summed E-state index contributed by atoms with van der Waals surface area (Å²) in [4.78, 5) is 0. The number of phenols is 2. The van der Waals surface area contributed by atoms with Crippen LogP contribution < -0.4 is 4.74 Å². The fourth-order valence-electron chi connectivity index (χ4n) is 6.04. The van der Waals surface area contributed by atoms with E-state index in [9.17, 15) is 10.2 Å². The van der Waals surface area contributed by atoms with Crippen LogP contribution in [0.1, 0.15) is 39.3 Å². The summed E-state index contributed by atoms with van der Waals surface area (Å²) in [5.74, 6) is 1.40. The van der Waals surface area contributed by atoms with Crippen LogP contribution in [-0.2, 0) is 0 Å². The zero-order valence-electron chi connectivity index (χ0n) is 22.0. The molecule has 0 aliphatic heterocycles. The number of hydrogen-bond donors (Lipinski definition) is 2. The monoisotopic (exact) mass is 498 g/mol. The van der Waals surface area contributed by atoms with Crippen molar-refractivity contribution < 1.29 is 14.9 Å². The lowest BCUT2D eigenvalue weighted by Gasteiger charge is -2.25. The molecule has 0 saturated heterocycles. The SMILES string of the molecule is COc1c(-c2ccc(O)c(C)c2)cc(C2c3ccccc3-c3ccccc32)c(-c2ccc(O)c(C)c2)c1C. The van der Waals surface area contributed by atoms with E-state index in [1.165, 1.54) is 27.8 Å². The summed E-state index contributed by atoms with van der Waals surface area (Å²) < 4.78 is 6.06. The smallest absolute Gasteiger partial charge is 0.130 e. The molecule has 5 aromatic carbocycles. The number of rotatable bonds is 4. The first-order valence-electron chi connectivity index (χ1n) is 12.9. The Hall–Kier alpha value is -4.50. The molecule has 3 heteroatoms. The molecule has 0 radical (unpaired) electrons. The molecule has 0 saturated carbocycles. The third kappa shape index (κ3) is 3.66. The highest BCUT2D eigenvalue weighted by Crippen LogP contribution is 2.53. The fraction of sp³-hybridized carbons (Fsp3) is 0.143. The van der Waals surface area contributed by atoms with Crippen LogP contribution in [0.25, 0.3) is 33.4 Å². The molecular weight excluding hydrogens is 468 g/mol. The van der Waals surface area contributed by atoms with Crippen molar-refractivity contribution >= 4 is 0 Å². The maximum Gasteiger partial charge on any atom is 0.130 e. The molecular formula is C35H30O3. The predicted molar refractivity (Wildman–Crippen MR) is 154 cm³/mol. The molecule has 0 aromatic heterocycles. The largest absolute Gasteiger partial charge is 0.508 e. The van der Waals surface area contributed by atoms with Crippen molar-refractivity contribution in [2.45, 2.75) is 26.7 Å². The first-order valence-corrected chi connectivity index (χ1v) is 12.9. The van der Waals surface area contributed by atoms with Crippen LogP contribution in [0.3, 0.4) is 0 Å². The Morgan fingerprint density at radius 1 is 0.579 bits per heavy atom. The molecule has 1 aliphatic rings. The minimum atomic E-state index is 0.0353. The van der Waals surface area contributed by atoms with Gasteiger partial charge in [-0.2, -0.15) is 0 Å². The topological polar surface area (TPSA) is 49.7 Å². The number of methoxy groups -OCH3 is 1. The minimum Gasteiger partial charge on any atom is -0.508 e. The van der Waals surface area contributed by atoms with Gasteiger partial charge in [0.15, 0.2) is 0 Å².